The van der Waals surface area contributed by atoms with Crippen LogP contribution in [-0.2, 0) is 4.79 Å². The second-order valence-electron chi connectivity index (χ2n) is 6.29. The highest BCUT2D eigenvalue weighted by molar-refractivity contribution is 5.92. The van der Waals surface area contributed by atoms with Crippen molar-refractivity contribution < 1.29 is 9.53 Å². The van der Waals surface area contributed by atoms with Crippen LogP contribution in [0.4, 0.5) is 5.69 Å². The van der Waals surface area contributed by atoms with E-state index in [1.807, 2.05) is 31.2 Å². The van der Waals surface area contributed by atoms with Crippen molar-refractivity contribution >= 4 is 24.0 Å². The third kappa shape index (κ3) is 6.80. The maximum absolute atomic E-state index is 12.3. The summed E-state index contributed by atoms with van der Waals surface area (Å²) in [6.45, 7) is 3.03. The van der Waals surface area contributed by atoms with Gasteiger partial charge in [0.05, 0.1) is 0 Å². The van der Waals surface area contributed by atoms with Crippen molar-refractivity contribution in [2.75, 3.05) is 18.5 Å². The molecule has 0 saturated heterocycles. The quantitative estimate of drug-likeness (QED) is 0.788. The fraction of sp³-hybridized carbons (Fsp3) is 0.611. The van der Waals surface area contributed by atoms with Crippen molar-refractivity contribution in [1.82, 2.24) is 0 Å². The largest absolute Gasteiger partial charge is 0.492 e. The number of rotatable bonds is 7. The number of hydrogen-bond donors (Lipinski definition) is 2. The van der Waals surface area contributed by atoms with Gasteiger partial charge >= 0.3 is 0 Å². The van der Waals surface area contributed by atoms with Crippen molar-refractivity contribution in [3.8, 4) is 5.75 Å². The lowest BCUT2D eigenvalue weighted by Gasteiger charge is -2.24. The van der Waals surface area contributed by atoms with E-state index in [2.05, 4.69) is 5.32 Å². The van der Waals surface area contributed by atoms with Crippen LogP contribution < -0.4 is 15.8 Å². The summed E-state index contributed by atoms with van der Waals surface area (Å²) < 4.78 is 5.43. The molecule has 0 aliphatic heterocycles. The van der Waals surface area contributed by atoms with Crippen molar-refractivity contribution in [2.45, 2.75) is 45.4 Å². The molecule has 3 N–H and O–H groups in total. The molecule has 1 saturated carbocycles. The maximum atomic E-state index is 12.3. The number of halogens is 1. The first-order valence-electron chi connectivity index (χ1n) is 8.43. The van der Waals surface area contributed by atoms with E-state index < -0.39 is 0 Å². The maximum Gasteiger partial charge on any atom is 0.227 e. The van der Waals surface area contributed by atoms with Crippen LogP contribution in [0.15, 0.2) is 24.3 Å². The van der Waals surface area contributed by atoms with E-state index in [4.69, 9.17) is 10.5 Å². The van der Waals surface area contributed by atoms with Crippen LogP contribution in [0.5, 0.6) is 5.75 Å². The second-order valence-corrected chi connectivity index (χ2v) is 6.29. The van der Waals surface area contributed by atoms with Crippen molar-refractivity contribution in [1.29, 1.82) is 0 Å². The van der Waals surface area contributed by atoms with Gasteiger partial charge in [0.25, 0.3) is 0 Å². The van der Waals surface area contributed by atoms with Crippen LogP contribution in [0.3, 0.4) is 0 Å². The molecule has 23 heavy (non-hydrogen) atoms. The molecule has 4 nitrogen and oxygen atoms in total. The van der Waals surface area contributed by atoms with Gasteiger partial charge in [0.2, 0.25) is 5.91 Å². The zero-order chi connectivity index (χ0) is 15.8. The third-order valence-corrected chi connectivity index (χ3v) is 4.37. The molecule has 1 unspecified atom stereocenters. The van der Waals surface area contributed by atoms with Gasteiger partial charge in [-0.2, -0.15) is 0 Å². The van der Waals surface area contributed by atoms with Crippen LogP contribution in [0.2, 0.25) is 0 Å². The summed E-state index contributed by atoms with van der Waals surface area (Å²) in [5.74, 6) is 1.68. The Morgan fingerprint density at radius 1 is 1.26 bits per heavy atom. The molecule has 1 aliphatic carbocycles. The molecule has 1 aromatic carbocycles. The van der Waals surface area contributed by atoms with E-state index >= 15 is 0 Å². The number of ether oxygens (including phenoxy) is 1. The minimum absolute atomic E-state index is 0. The smallest absolute Gasteiger partial charge is 0.227 e. The minimum Gasteiger partial charge on any atom is -0.492 e. The van der Waals surface area contributed by atoms with Gasteiger partial charge in [0.15, 0.2) is 0 Å². The van der Waals surface area contributed by atoms with Gasteiger partial charge in [-0.05, 0) is 36.6 Å². The van der Waals surface area contributed by atoms with E-state index in [0.717, 1.165) is 23.8 Å². The van der Waals surface area contributed by atoms with E-state index in [9.17, 15) is 4.79 Å². The van der Waals surface area contributed by atoms with Gasteiger partial charge in [-0.25, -0.2) is 0 Å². The molecular weight excluding hydrogens is 312 g/mol. The number of benzene rings is 1. The van der Waals surface area contributed by atoms with Gasteiger partial charge in [-0.3, -0.25) is 4.79 Å². The zero-order valence-electron chi connectivity index (χ0n) is 13.9. The molecule has 0 spiro atoms. The highest BCUT2D eigenvalue weighted by atomic mass is 35.5. The van der Waals surface area contributed by atoms with E-state index in [1.165, 1.54) is 32.1 Å². The Kier molecular flexibility index (Phi) is 9.03. The summed E-state index contributed by atoms with van der Waals surface area (Å²) in [4.78, 5) is 12.3. The Balaban J connectivity index is 0.00000264. The lowest BCUT2D eigenvalue weighted by Crippen LogP contribution is -2.23. The molecule has 0 bridgehead atoms. The molecule has 2 rings (SSSR count). The summed E-state index contributed by atoms with van der Waals surface area (Å²) in [7, 11) is 0. The van der Waals surface area contributed by atoms with Crippen LogP contribution >= 0.6 is 12.4 Å². The minimum atomic E-state index is 0. The van der Waals surface area contributed by atoms with Crippen molar-refractivity contribution in [2.24, 2.45) is 17.6 Å². The molecule has 0 aromatic heterocycles. The highest BCUT2D eigenvalue weighted by Gasteiger charge is 2.20. The van der Waals surface area contributed by atoms with Gasteiger partial charge < -0.3 is 15.8 Å². The SMILES string of the molecule is CC(CC1CCCCC1)C(=O)Nc1ccc(OCCN)cc1.Cl. The number of nitrogens with one attached hydrogen (secondary N) is 1. The van der Waals surface area contributed by atoms with E-state index in [-0.39, 0.29) is 24.2 Å². The Labute approximate surface area is 145 Å². The molecule has 1 aliphatic rings. The topological polar surface area (TPSA) is 64.3 Å². The first-order chi connectivity index (χ1) is 10.7. The second kappa shape index (κ2) is 10.5. The molecule has 1 aromatic rings. The first kappa shape index (κ1) is 19.8. The number of carbonyl (C=O) groups is 1. The normalized spacial score (nSPS) is 16.3. The predicted octanol–water partition coefficient (Wildman–Crippen LogP) is 3.99. The first-order valence-corrected chi connectivity index (χ1v) is 8.43. The van der Waals surface area contributed by atoms with E-state index in [1.54, 1.807) is 0 Å². The van der Waals surface area contributed by atoms with Crippen LogP contribution in [0.1, 0.15) is 45.4 Å². The fourth-order valence-electron chi connectivity index (χ4n) is 3.11. The average Bonchev–Trinajstić information content (AvgIpc) is 2.55. The number of carbonyl (C=O) groups excluding carboxylic acids is 1. The summed E-state index contributed by atoms with van der Waals surface area (Å²) >= 11 is 0. The predicted molar refractivity (Wildman–Crippen MR) is 97.2 cm³/mol. The van der Waals surface area contributed by atoms with Crippen LogP contribution in [0, 0.1) is 11.8 Å². The number of nitrogens with two attached hydrogens (primary N) is 1. The molecule has 130 valence electrons. The zero-order valence-corrected chi connectivity index (χ0v) is 14.7. The highest BCUT2D eigenvalue weighted by Crippen LogP contribution is 2.29. The number of anilines is 1. The van der Waals surface area contributed by atoms with E-state index in [0.29, 0.717) is 13.2 Å². The van der Waals surface area contributed by atoms with Crippen LogP contribution in [-0.4, -0.2) is 19.1 Å². The summed E-state index contributed by atoms with van der Waals surface area (Å²) in [5, 5.41) is 3.00. The van der Waals surface area contributed by atoms with Crippen LogP contribution in [0.25, 0.3) is 0 Å². The Hall–Kier alpha value is -1.26. The Morgan fingerprint density at radius 3 is 2.52 bits per heavy atom. The average molecular weight is 341 g/mol. The molecule has 1 atom stereocenters. The Bertz CT molecular complexity index is 459. The molecule has 0 heterocycles. The standard InChI is InChI=1S/C18H28N2O2.ClH/c1-14(13-15-5-3-2-4-6-15)18(21)20-16-7-9-17(10-8-16)22-12-11-19;/h7-10,14-15H,2-6,11-13,19H2,1H3,(H,20,21);1H. The lowest BCUT2D eigenvalue weighted by molar-refractivity contribution is -0.120. The van der Waals surface area contributed by atoms with Gasteiger partial charge in [0, 0.05) is 18.2 Å². The molecule has 5 heteroatoms. The Morgan fingerprint density at radius 2 is 1.91 bits per heavy atom. The van der Waals surface area contributed by atoms with Gasteiger partial charge in [-0.1, -0.05) is 39.0 Å². The summed E-state index contributed by atoms with van der Waals surface area (Å²) in [5.41, 5.74) is 6.22. The van der Waals surface area contributed by atoms with Gasteiger partial charge in [0.1, 0.15) is 12.4 Å². The van der Waals surface area contributed by atoms with Gasteiger partial charge in [-0.15, -0.1) is 12.4 Å². The molecule has 0 radical (unpaired) electrons. The molecule has 1 fully saturated rings. The summed E-state index contributed by atoms with van der Waals surface area (Å²) in [6.07, 6.45) is 7.57. The number of amides is 1. The summed E-state index contributed by atoms with van der Waals surface area (Å²) in [6, 6.07) is 7.46. The monoisotopic (exact) mass is 340 g/mol. The number of hydrogen-bond acceptors (Lipinski definition) is 3. The third-order valence-electron chi connectivity index (χ3n) is 4.37. The molecule has 1 amide bonds. The van der Waals surface area contributed by atoms with Crippen molar-refractivity contribution in [3.63, 3.8) is 0 Å². The molecular formula is C18H29ClN2O2. The van der Waals surface area contributed by atoms with Crippen molar-refractivity contribution in [3.05, 3.63) is 24.3 Å². The fourth-order valence-corrected chi connectivity index (χ4v) is 3.11. The lowest BCUT2D eigenvalue weighted by atomic mass is 9.83.